The molecule has 0 aliphatic heterocycles. The van der Waals surface area contributed by atoms with Crippen molar-refractivity contribution < 1.29 is 14.3 Å². The second-order valence-electron chi connectivity index (χ2n) is 3.97. The van der Waals surface area contributed by atoms with E-state index in [4.69, 9.17) is 9.47 Å². The van der Waals surface area contributed by atoms with Crippen LogP contribution in [-0.2, 0) is 4.74 Å². The molecule has 0 amide bonds. The summed E-state index contributed by atoms with van der Waals surface area (Å²) in [5, 5.41) is 0. The summed E-state index contributed by atoms with van der Waals surface area (Å²) in [5.41, 5.74) is 1.65. The first-order valence-corrected chi connectivity index (χ1v) is 6.04. The summed E-state index contributed by atoms with van der Waals surface area (Å²) >= 11 is 0. The van der Waals surface area contributed by atoms with Crippen molar-refractivity contribution in [1.29, 1.82) is 0 Å². The fourth-order valence-corrected chi connectivity index (χ4v) is 1.45. The molecule has 3 nitrogen and oxygen atoms in total. The summed E-state index contributed by atoms with van der Waals surface area (Å²) in [6.45, 7) is 5.89. The number of hydrogen-bond acceptors (Lipinski definition) is 3. The number of hydrogen-bond donors (Lipinski definition) is 0. The minimum Gasteiger partial charge on any atom is -0.490 e. The maximum absolute atomic E-state index is 10.8. The minimum atomic E-state index is 0.480. The van der Waals surface area contributed by atoms with Crippen LogP contribution in [0.1, 0.15) is 35.7 Å². The van der Waals surface area contributed by atoms with Gasteiger partial charge in [-0.15, -0.1) is 0 Å². The molecule has 1 aromatic rings. The van der Waals surface area contributed by atoms with Crippen molar-refractivity contribution in [1.82, 2.24) is 0 Å². The first kappa shape index (κ1) is 13.7. The molecule has 0 atom stereocenters. The fourth-order valence-electron chi connectivity index (χ4n) is 1.45. The highest BCUT2D eigenvalue weighted by molar-refractivity contribution is 5.79. The molecule has 17 heavy (non-hydrogen) atoms. The second kappa shape index (κ2) is 7.85. The van der Waals surface area contributed by atoms with Gasteiger partial charge in [0.2, 0.25) is 0 Å². The largest absolute Gasteiger partial charge is 0.490 e. The lowest BCUT2D eigenvalue weighted by molar-refractivity contribution is 0.0969. The summed E-state index contributed by atoms with van der Waals surface area (Å²) < 4.78 is 10.9. The predicted octanol–water partition coefficient (Wildman–Crippen LogP) is 3.00. The Morgan fingerprint density at radius 1 is 1.24 bits per heavy atom. The molecule has 0 radical (unpaired) electrons. The Labute approximate surface area is 103 Å². The highest BCUT2D eigenvalue weighted by atomic mass is 16.5. The molecule has 0 aromatic heterocycles. The third kappa shape index (κ3) is 5.00. The van der Waals surface area contributed by atoms with E-state index in [1.54, 1.807) is 0 Å². The molecule has 1 rings (SSSR count). The van der Waals surface area contributed by atoms with Gasteiger partial charge >= 0.3 is 0 Å². The van der Waals surface area contributed by atoms with Gasteiger partial charge in [0.25, 0.3) is 0 Å². The van der Waals surface area contributed by atoms with Crippen LogP contribution in [0.25, 0.3) is 0 Å². The summed E-state index contributed by atoms with van der Waals surface area (Å²) in [5.74, 6) is 0.629. The van der Waals surface area contributed by atoms with Gasteiger partial charge in [-0.2, -0.15) is 0 Å². The normalized spacial score (nSPS) is 10.2. The number of aldehydes is 1. The Kier molecular flexibility index (Phi) is 6.33. The summed E-state index contributed by atoms with van der Waals surface area (Å²) in [6.07, 6.45) is 3.03. The molecule has 0 aliphatic carbocycles. The van der Waals surface area contributed by atoms with E-state index in [0.29, 0.717) is 24.5 Å². The zero-order valence-corrected chi connectivity index (χ0v) is 10.6. The standard InChI is InChI=1S/C14H20O3/c1-3-4-7-16-8-9-17-14-6-5-12(2)10-13(14)11-15/h5-6,10-11H,3-4,7-9H2,1-2H3. The first-order valence-electron chi connectivity index (χ1n) is 6.04. The van der Waals surface area contributed by atoms with E-state index in [0.717, 1.165) is 31.3 Å². The van der Waals surface area contributed by atoms with Crippen molar-refractivity contribution in [2.45, 2.75) is 26.7 Å². The molecule has 3 heteroatoms. The summed E-state index contributed by atoms with van der Waals surface area (Å²) in [6, 6.07) is 5.58. The lowest BCUT2D eigenvalue weighted by Crippen LogP contribution is -2.08. The van der Waals surface area contributed by atoms with Crippen molar-refractivity contribution in [3.8, 4) is 5.75 Å². The number of carbonyl (C=O) groups is 1. The zero-order valence-electron chi connectivity index (χ0n) is 10.6. The number of benzene rings is 1. The van der Waals surface area contributed by atoms with Crippen LogP contribution < -0.4 is 4.74 Å². The Morgan fingerprint density at radius 3 is 2.76 bits per heavy atom. The van der Waals surface area contributed by atoms with Crippen LogP contribution in [0.3, 0.4) is 0 Å². The van der Waals surface area contributed by atoms with Crippen molar-refractivity contribution in [3.63, 3.8) is 0 Å². The van der Waals surface area contributed by atoms with Crippen molar-refractivity contribution in [2.24, 2.45) is 0 Å². The van der Waals surface area contributed by atoms with Crippen molar-refractivity contribution in [2.75, 3.05) is 19.8 Å². The highest BCUT2D eigenvalue weighted by Gasteiger charge is 2.02. The Balaban J connectivity index is 2.33. The highest BCUT2D eigenvalue weighted by Crippen LogP contribution is 2.17. The van der Waals surface area contributed by atoms with E-state index in [2.05, 4.69) is 6.92 Å². The fraction of sp³-hybridized carbons (Fsp3) is 0.500. The van der Waals surface area contributed by atoms with Gasteiger partial charge in [0.15, 0.2) is 6.29 Å². The van der Waals surface area contributed by atoms with E-state index in [9.17, 15) is 4.79 Å². The van der Waals surface area contributed by atoms with E-state index < -0.39 is 0 Å². The number of unbranched alkanes of at least 4 members (excludes halogenated alkanes) is 1. The van der Waals surface area contributed by atoms with Gasteiger partial charge in [-0.3, -0.25) is 4.79 Å². The van der Waals surface area contributed by atoms with E-state index in [1.165, 1.54) is 0 Å². The average Bonchev–Trinajstić information content (AvgIpc) is 2.35. The number of carbonyl (C=O) groups excluding carboxylic acids is 1. The lowest BCUT2D eigenvalue weighted by atomic mass is 10.1. The minimum absolute atomic E-state index is 0.480. The Hall–Kier alpha value is -1.35. The topological polar surface area (TPSA) is 35.5 Å². The van der Waals surface area contributed by atoms with Crippen molar-refractivity contribution in [3.05, 3.63) is 29.3 Å². The van der Waals surface area contributed by atoms with Gasteiger partial charge in [0.05, 0.1) is 12.2 Å². The molecule has 94 valence electrons. The van der Waals surface area contributed by atoms with Gasteiger partial charge in [-0.1, -0.05) is 25.0 Å². The zero-order chi connectivity index (χ0) is 12.5. The van der Waals surface area contributed by atoms with Crippen LogP contribution in [0.5, 0.6) is 5.75 Å². The molecule has 0 fully saturated rings. The van der Waals surface area contributed by atoms with Gasteiger partial charge < -0.3 is 9.47 Å². The second-order valence-corrected chi connectivity index (χ2v) is 3.97. The van der Waals surface area contributed by atoms with E-state index >= 15 is 0 Å². The molecular formula is C14H20O3. The SMILES string of the molecule is CCCCOCCOc1ccc(C)cc1C=O. The average molecular weight is 236 g/mol. The smallest absolute Gasteiger partial charge is 0.153 e. The van der Waals surface area contributed by atoms with Crippen LogP contribution in [0, 0.1) is 6.92 Å². The molecule has 1 aromatic carbocycles. The number of ether oxygens (including phenoxy) is 2. The molecular weight excluding hydrogens is 216 g/mol. The maximum atomic E-state index is 10.8. The predicted molar refractivity (Wildman–Crippen MR) is 67.8 cm³/mol. The molecule has 0 aliphatic rings. The number of rotatable bonds is 8. The molecule has 0 heterocycles. The monoisotopic (exact) mass is 236 g/mol. The van der Waals surface area contributed by atoms with Gasteiger partial charge in [-0.05, 0) is 25.5 Å². The van der Waals surface area contributed by atoms with Crippen LogP contribution in [-0.4, -0.2) is 26.1 Å². The molecule has 0 saturated carbocycles. The van der Waals surface area contributed by atoms with Crippen LogP contribution in [0.15, 0.2) is 18.2 Å². The third-order valence-electron chi connectivity index (χ3n) is 2.42. The third-order valence-corrected chi connectivity index (χ3v) is 2.42. The summed E-state index contributed by atoms with van der Waals surface area (Å²) in [4.78, 5) is 10.8. The van der Waals surface area contributed by atoms with E-state index in [-0.39, 0.29) is 0 Å². The molecule has 0 unspecified atom stereocenters. The number of aryl methyl sites for hydroxylation is 1. The van der Waals surface area contributed by atoms with Gasteiger partial charge in [-0.25, -0.2) is 0 Å². The molecule has 0 N–H and O–H groups in total. The Morgan fingerprint density at radius 2 is 2.06 bits per heavy atom. The van der Waals surface area contributed by atoms with Crippen LogP contribution in [0.4, 0.5) is 0 Å². The quantitative estimate of drug-likeness (QED) is 0.514. The Bertz CT molecular complexity index is 347. The maximum Gasteiger partial charge on any atom is 0.153 e. The summed E-state index contributed by atoms with van der Waals surface area (Å²) in [7, 11) is 0. The first-order chi connectivity index (χ1) is 8.27. The lowest BCUT2D eigenvalue weighted by Gasteiger charge is -2.09. The van der Waals surface area contributed by atoms with Crippen LogP contribution >= 0.6 is 0 Å². The molecule has 0 bridgehead atoms. The van der Waals surface area contributed by atoms with Gasteiger partial charge in [0.1, 0.15) is 12.4 Å². The van der Waals surface area contributed by atoms with Gasteiger partial charge in [0, 0.05) is 6.61 Å². The van der Waals surface area contributed by atoms with Crippen LogP contribution in [0.2, 0.25) is 0 Å². The molecule has 0 saturated heterocycles. The van der Waals surface area contributed by atoms with Crippen molar-refractivity contribution >= 4 is 6.29 Å². The van der Waals surface area contributed by atoms with E-state index in [1.807, 2.05) is 25.1 Å². The molecule has 0 spiro atoms.